The van der Waals surface area contributed by atoms with Gasteiger partial charge in [-0.3, -0.25) is 14.5 Å². The summed E-state index contributed by atoms with van der Waals surface area (Å²) in [6.45, 7) is 9.83. The molecule has 4 atom stereocenters. The topological polar surface area (TPSA) is 69.9 Å². The normalized spacial score (nSPS) is 31.5. The minimum absolute atomic E-state index is 0. The lowest BCUT2D eigenvalue weighted by atomic mass is 9.85. The number of piperazine rings is 1. The third kappa shape index (κ3) is 6.75. The molecule has 2 heterocycles. The highest BCUT2D eigenvalue weighted by Crippen LogP contribution is 2.25. The summed E-state index contributed by atoms with van der Waals surface area (Å²) >= 11 is 0. The molecule has 1 saturated carbocycles. The van der Waals surface area contributed by atoms with E-state index in [0.717, 1.165) is 65.0 Å². The minimum Gasteiger partial charge on any atom is -0.341 e. The van der Waals surface area contributed by atoms with Crippen LogP contribution in [0.2, 0.25) is 0 Å². The van der Waals surface area contributed by atoms with Crippen molar-refractivity contribution in [3.63, 3.8) is 0 Å². The first-order valence-corrected chi connectivity index (χ1v) is 10.5. The van der Waals surface area contributed by atoms with Crippen molar-refractivity contribution in [2.45, 2.75) is 52.0 Å². The fourth-order valence-electron chi connectivity index (χ4n) is 4.99. The number of rotatable bonds is 3. The van der Waals surface area contributed by atoms with Gasteiger partial charge in [0.2, 0.25) is 11.8 Å². The first-order valence-electron chi connectivity index (χ1n) is 10.5. The summed E-state index contributed by atoms with van der Waals surface area (Å²) < 4.78 is 0. The number of carbonyl (C=O) groups excluding carboxylic acids is 2. The Hall–Kier alpha value is -0.560. The Labute approximate surface area is 182 Å². The van der Waals surface area contributed by atoms with Gasteiger partial charge in [0.1, 0.15) is 0 Å². The molecular weight excluding hydrogens is 399 g/mol. The van der Waals surface area contributed by atoms with Crippen LogP contribution in [0.5, 0.6) is 0 Å². The van der Waals surface area contributed by atoms with E-state index in [-0.39, 0.29) is 48.6 Å². The van der Waals surface area contributed by atoms with Crippen LogP contribution in [0, 0.1) is 17.8 Å². The third-order valence-electron chi connectivity index (χ3n) is 6.33. The number of nitrogens with zero attached hydrogens (tertiary/aromatic N) is 3. The van der Waals surface area contributed by atoms with Crippen molar-refractivity contribution in [1.29, 1.82) is 0 Å². The van der Waals surface area contributed by atoms with E-state index in [1.807, 2.05) is 9.80 Å². The number of piperidine rings is 1. The van der Waals surface area contributed by atoms with Crippen molar-refractivity contribution in [2.75, 3.05) is 45.8 Å². The van der Waals surface area contributed by atoms with Crippen LogP contribution in [-0.4, -0.2) is 78.4 Å². The van der Waals surface area contributed by atoms with Gasteiger partial charge in [0, 0.05) is 51.2 Å². The van der Waals surface area contributed by atoms with E-state index in [0.29, 0.717) is 18.4 Å². The van der Waals surface area contributed by atoms with E-state index in [4.69, 9.17) is 5.73 Å². The minimum atomic E-state index is 0. The number of hydrogen-bond acceptors (Lipinski definition) is 4. The third-order valence-corrected chi connectivity index (χ3v) is 6.33. The van der Waals surface area contributed by atoms with E-state index >= 15 is 0 Å². The lowest BCUT2D eigenvalue weighted by Crippen LogP contribution is -2.54. The van der Waals surface area contributed by atoms with Crippen molar-refractivity contribution in [3.05, 3.63) is 0 Å². The molecule has 3 fully saturated rings. The van der Waals surface area contributed by atoms with Crippen LogP contribution in [0.4, 0.5) is 0 Å². The van der Waals surface area contributed by atoms with E-state index in [1.165, 1.54) is 6.42 Å². The first kappa shape index (κ1) is 25.5. The van der Waals surface area contributed by atoms with E-state index in [2.05, 4.69) is 18.7 Å². The fraction of sp³-hybridized carbons (Fsp3) is 0.900. The van der Waals surface area contributed by atoms with Gasteiger partial charge >= 0.3 is 0 Å². The number of hydrogen-bond donors (Lipinski definition) is 1. The molecule has 4 unspecified atom stereocenters. The van der Waals surface area contributed by atoms with Crippen molar-refractivity contribution in [3.8, 4) is 0 Å². The Morgan fingerprint density at radius 1 is 0.893 bits per heavy atom. The largest absolute Gasteiger partial charge is 0.341 e. The number of amides is 2. The zero-order chi connectivity index (χ0) is 18.7. The molecule has 0 bridgehead atoms. The average molecular weight is 437 g/mol. The molecule has 2 amide bonds. The predicted molar refractivity (Wildman–Crippen MR) is 117 cm³/mol. The van der Waals surface area contributed by atoms with Gasteiger partial charge in [-0.05, 0) is 37.5 Å². The predicted octanol–water partition coefficient (Wildman–Crippen LogP) is 2.00. The molecule has 0 aromatic carbocycles. The molecular formula is C20H38Cl2N4O2. The van der Waals surface area contributed by atoms with Crippen molar-refractivity contribution < 1.29 is 9.59 Å². The maximum absolute atomic E-state index is 12.7. The van der Waals surface area contributed by atoms with E-state index in [9.17, 15) is 9.59 Å². The van der Waals surface area contributed by atoms with E-state index in [1.54, 1.807) is 0 Å². The summed E-state index contributed by atoms with van der Waals surface area (Å²) in [6.07, 6.45) is 5.15. The van der Waals surface area contributed by atoms with Gasteiger partial charge in [-0.1, -0.05) is 20.3 Å². The molecule has 164 valence electrons. The zero-order valence-corrected chi connectivity index (χ0v) is 19.0. The van der Waals surface area contributed by atoms with Gasteiger partial charge in [0.25, 0.3) is 0 Å². The smallest absolute Gasteiger partial charge is 0.236 e. The van der Waals surface area contributed by atoms with Gasteiger partial charge in [-0.2, -0.15) is 0 Å². The lowest BCUT2D eigenvalue weighted by Gasteiger charge is -2.39. The molecule has 2 aliphatic heterocycles. The Morgan fingerprint density at radius 2 is 1.50 bits per heavy atom. The highest BCUT2D eigenvalue weighted by molar-refractivity contribution is 5.85. The summed E-state index contributed by atoms with van der Waals surface area (Å²) in [5.74, 6) is 1.84. The molecule has 3 rings (SSSR count). The molecule has 0 aromatic heterocycles. The molecule has 0 aromatic rings. The SMILES string of the molecule is CC1CC(C)CN(C(=O)CN2CCN(C(=O)C3CCCC(N)C3)CC2)C1.Cl.Cl. The van der Waals surface area contributed by atoms with Crippen LogP contribution < -0.4 is 5.73 Å². The second kappa shape index (κ2) is 11.6. The molecule has 8 heteroatoms. The van der Waals surface area contributed by atoms with Crippen molar-refractivity contribution in [1.82, 2.24) is 14.7 Å². The second-order valence-electron chi connectivity index (χ2n) is 8.97. The van der Waals surface area contributed by atoms with Crippen molar-refractivity contribution >= 4 is 36.6 Å². The standard InChI is InChI=1S/C20H36N4O2.2ClH/c1-15-10-16(2)13-24(12-15)19(25)14-22-6-8-23(9-7-22)20(26)17-4-3-5-18(21)11-17;;/h15-18H,3-14,21H2,1-2H3;2*1H. The monoisotopic (exact) mass is 436 g/mol. The first-order chi connectivity index (χ1) is 12.4. The average Bonchev–Trinajstić information content (AvgIpc) is 2.61. The van der Waals surface area contributed by atoms with Gasteiger partial charge in [-0.15, -0.1) is 24.8 Å². The molecule has 6 nitrogen and oxygen atoms in total. The van der Waals surface area contributed by atoms with Gasteiger partial charge < -0.3 is 15.5 Å². The molecule has 0 radical (unpaired) electrons. The molecule has 28 heavy (non-hydrogen) atoms. The van der Waals surface area contributed by atoms with Gasteiger partial charge in [0.15, 0.2) is 0 Å². The lowest BCUT2D eigenvalue weighted by molar-refractivity contribution is -0.139. The fourth-order valence-corrected chi connectivity index (χ4v) is 4.99. The summed E-state index contributed by atoms with van der Waals surface area (Å²) in [5, 5.41) is 0. The van der Waals surface area contributed by atoms with Crippen LogP contribution >= 0.6 is 24.8 Å². The summed E-state index contributed by atoms with van der Waals surface area (Å²) in [4.78, 5) is 31.6. The number of halogens is 2. The van der Waals surface area contributed by atoms with Crippen LogP contribution in [0.1, 0.15) is 46.0 Å². The van der Waals surface area contributed by atoms with Crippen LogP contribution in [0.25, 0.3) is 0 Å². The highest BCUT2D eigenvalue weighted by atomic mass is 35.5. The maximum Gasteiger partial charge on any atom is 0.236 e. The van der Waals surface area contributed by atoms with Crippen LogP contribution in [-0.2, 0) is 9.59 Å². The summed E-state index contributed by atoms with van der Waals surface area (Å²) in [5.41, 5.74) is 6.04. The molecule has 0 spiro atoms. The highest BCUT2D eigenvalue weighted by Gasteiger charge is 2.32. The Bertz CT molecular complexity index is 504. The van der Waals surface area contributed by atoms with Gasteiger partial charge in [0.05, 0.1) is 6.54 Å². The summed E-state index contributed by atoms with van der Waals surface area (Å²) in [7, 11) is 0. The number of likely N-dealkylation sites (tertiary alicyclic amines) is 1. The number of carbonyl (C=O) groups is 2. The van der Waals surface area contributed by atoms with Gasteiger partial charge in [-0.25, -0.2) is 0 Å². The van der Waals surface area contributed by atoms with Crippen LogP contribution in [0.3, 0.4) is 0 Å². The number of nitrogens with two attached hydrogens (primary N) is 1. The van der Waals surface area contributed by atoms with Crippen molar-refractivity contribution in [2.24, 2.45) is 23.5 Å². The molecule has 2 saturated heterocycles. The quantitative estimate of drug-likeness (QED) is 0.733. The maximum atomic E-state index is 12.7. The molecule has 3 aliphatic rings. The van der Waals surface area contributed by atoms with Crippen LogP contribution in [0.15, 0.2) is 0 Å². The Kier molecular flexibility index (Phi) is 10.5. The molecule has 1 aliphatic carbocycles. The Morgan fingerprint density at radius 3 is 2.07 bits per heavy atom. The Balaban J connectivity index is 0.00000196. The summed E-state index contributed by atoms with van der Waals surface area (Å²) in [6, 6.07) is 0.186. The molecule has 2 N–H and O–H groups in total. The second-order valence-corrected chi connectivity index (χ2v) is 8.97. The zero-order valence-electron chi connectivity index (χ0n) is 17.3. The van der Waals surface area contributed by atoms with E-state index < -0.39 is 0 Å².